The van der Waals surface area contributed by atoms with Crippen LogP contribution < -0.4 is 4.72 Å². The van der Waals surface area contributed by atoms with Gasteiger partial charge in [-0.2, -0.15) is 11.8 Å². The Morgan fingerprint density at radius 2 is 2.25 bits per heavy atom. The van der Waals surface area contributed by atoms with Crippen LogP contribution >= 0.6 is 23.1 Å². The van der Waals surface area contributed by atoms with Crippen LogP contribution in [0.5, 0.6) is 0 Å². The molecule has 4 nitrogen and oxygen atoms in total. The monoisotopic (exact) mass is 335 g/mol. The van der Waals surface area contributed by atoms with Crippen LogP contribution in [0.1, 0.15) is 31.1 Å². The Morgan fingerprint density at radius 3 is 2.95 bits per heavy atom. The molecule has 0 bridgehead atoms. The van der Waals surface area contributed by atoms with Gasteiger partial charge in [0.25, 0.3) is 0 Å². The Balaban J connectivity index is 2.06. The Hall–Kier alpha value is -0.0800. The first kappa shape index (κ1) is 16.3. The van der Waals surface area contributed by atoms with E-state index in [9.17, 15) is 8.42 Å². The minimum atomic E-state index is -3.42. The summed E-state index contributed by atoms with van der Waals surface area (Å²) in [5.74, 6) is 1.02. The summed E-state index contributed by atoms with van der Waals surface area (Å²) in [4.78, 5) is 0.902. The predicted molar refractivity (Wildman–Crippen MR) is 85.0 cm³/mol. The predicted octanol–water partition coefficient (Wildman–Crippen LogP) is 2.24. The zero-order valence-electron chi connectivity index (χ0n) is 11.5. The second-order valence-corrected chi connectivity index (χ2v) is 9.47. The maximum Gasteiger partial charge on any atom is 0.250 e. The molecule has 7 heteroatoms. The van der Waals surface area contributed by atoms with Crippen LogP contribution in [0.15, 0.2) is 16.3 Å². The first-order valence-electron chi connectivity index (χ1n) is 6.90. The number of aliphatic hydroxyl groups is 1. The number of rotatable bonds is 7. The minimum Gasteiger partial charge on any atom is -0.396 e. The molecule has 1 aromatic rings. The van der Waals surface area contributed by atoms with Gasteiger partial charge in [0.2, 0.25) is 10.0 Å². The summed E-state index contributed by atoms with van der Waals surface area (Å²) in [5.41, 5.74) is 0. The largest absolute Gasteiger partial charge is 0.396 e. The lowest BCUT2D eigenvalue weighted by Crippen LogP contribution is -2.38. The van der Waals surface area contributed by atoms with Crippen LogP contribution in [-0.4, -0.2) is 37.2 Å². The Bertz CT molecular complexity index is 527. The van der Waals surface area contributed by atoms with E-state index in [1.807, 2.05) is 11.8 Å². The second kappa shape index (κ2) is 7.26. The molecule has 1 saturated carbocycles. The molecule has 1 aromatic heterocycles. The summed E-state index contributed by atoms with van der Waals surface area (Å²) in [6, 6.07) is 3.46. The molecule has 2 rings (SSSR count). The SMILES string of the molecule is CCSC1CCCC1NS(=O)(=O)c1ccc(CCO)s1. The van der Waals surface area contributed by atoms with Gasteiger partial charge >= 0.3 is 0 Å². The van der Waals surface area contributed by atoms with Crippen LogP contribution in [0, 0.1) is 0 Å². The molecule has 0 saturated heterocycles. The van der Waals surface area contributed by atoms with Crippen LogP contribution in [-0.2, 0) is 16.4 Å². The van der Waals surface area contributed by atoms with Crippen molar-refractivity contribution in [3.63, 3.8) is 0 Å². The van der Waals surface area contributed by atoms with Crippen molar-refractivity contribution in [1.82, 2.24) is 4.72 Å². The van der Waals surface area contributed by atoms with Crippen LogP contribution in [0.25, 0.3) is 0 Å². The molecule has 0 radical (unpaired) electrons. The highest BCUT2D eigenvalue weighted by molar-refractivity contribution is 8.00. The fourth-order valence-electron chi connectivity index (χ4n) is 2.48. The van der Waals surface area contributed by atoms with E-state index in [1.54, 1.807) is 12.1 Å². The Morgan fingerprint density at radius 1 is 1.45 bits per heavy atom. The average molecular weight is 336 g/mol. The molecule has 1 heterocycles. The summed E-state index contributed by atoms with van der Waals surface area (Å²) in [6.45, 7) is 2.15. The Kier molecular flexibility index (Phi) is 5.92. The maximum atomic E-state index is 12.4. The van der Waals surface area contributed by atoms with Gasteiger partial charge in [0.05, 0.1) is 0 Å². The lowest BCUT2D eigenvalue weighted by Gasteiger charge is -2.19. The molecular weight excluding hydrogens is 314 g/mol. The van der Waals surface area contributed by atoms with Crippen molar-refractivity contribution in [1.29, 1.82) is 0 Å². The molecule has 0 amide bonds. The van der Waals surface area contributed by atoms with Crippen molar-refractivity contribution in [2.75, 3.05) is 12.4 Å². The van der Waals surface area contributed by atoms with Gasteiger partial charge in [-0.3, -0.25) is 0 Å². The van der Waals surface area contributed by atoms with Gasteiger partial charge in [0.15, 0.2) is 0 Å². The van der Waals surface area contributed by atoms with Crippen molar-refractivity contribution in [3.8, 4) is 0 Å². The normalized spacial score (nSPS) is 23.3. The van der Waals surface area contributed by atoms with E-state index in [0.29, 0.717) is 15.9 Å². The van der Waals surface area contributed by atoms with Gasteiger partial charge in [0, 0.05) is 29.2 Å². The fourth-order valence-corrected chi connectivity index (χ4v) is 6.44. The van der Waals surface area contributed by atoms with Gasteiger partial charge in [-0.25, -0.2) is 13.1 Å². The molecule has 0 aromatic carbocycles. The van der Waals surface area contributed by atoms with Crippen molar-refractivity contribution in [2.45, 2.75) is 48.1 Å². The highest BCUT2D eigenvalue weighted by atomic mass is 32.2. The third kappa shape index (κ3) is 3.98. The number of thioether (sulfide) groups is 1. The van der Waals surface area contributed by atoms with Crippen LogP contribution in [0.4, 0.5) is 0 Å². The molecule has 0 spiro atoms. The average Bonchev–Trinajstić information content (AvgIpc) is 3.01. The highest BCUT2D eigenvalue weighted by Crippen LogP contribution is 2.31. The van der Waals surface area contributed by atoms with Gasteiger partial charge in [-0.1, -0.05) is 13.3 Å². The number of thiophene rings is 1. The third-order valence-electron chi connectivity index (χ3n) is 3.40. The van der Waals surface area contributed by atoms with Gasteiger partial charge in [0.1, 0.15) is 4.21 Å². The Labute approximate surface area is 129 Å². The highest BCUT2D eigenvalue weighted by Gasteiger charge is 2.31. The first-order valence-corrected chi connectivity index (χ1v) is 10.2. The fraction of sp³-hybridized carbons (Fsp3) is 0.692. The number of hydrogen-bond acceptors (Lipinski definition) is 5. The number of hydrogen-bond donors (Lipinski definition) is 2. The summed E-state index contributed by atoms with van der Waals surface area (Å²) in [7, 11) is -3.42. The molecule has 2 N–H and O–H groups in total. The third-order valence-corrected chi connectivity index (χ3v) is 7.85. The molecular formula is C13H21NO3S3. The summed E-state index contributed by atoms with van der Waals surface area (Å²) in [5, 5.41) is 9.29. The van der Waals surface area contributed by atoms with Crippen LogP contribution in [0.3, 0.4) is 0 Å². The molecule has 20 heavy (non-hydrogen) atoms. The standard InChI is InChI=1S/C13H21NO3S3/c1-2-18-12-5-3-4-11(12)14-20(16,17)13-7-6-10(19-13)8-9-15/h6-7,11-12,14-15H,2-5,8-9H2,1H3. The molecule has 114 valence electrons. The van der Waals surface area contributed by atoms with Crippen LogP contribution in [0.2, 0.25) is 0 Å². The second-order valence-electron chi connectivity index (χ2n) is 4.85. The van der Waals surface area contributed by atoms with E-state index in [0.717, 1.165) is 29.9 Å². The van der Waals surface area contributed by atoms with E-state index in [-0.39, 0.29) is 12.6 Å². The van der Waals surface area contributed by atoms with Gasteiger partial charge < -0.3 is 5.11 Å². The summed E-state index contributed by atoms with van der Waals surface area (Å²) in [6.07, 6.45) is 3.61. The maximum absolute atomic E-state index is 12.4. The lowest BCUT2D eigenvalue weighted by atomic mass is 10.3. The van der Waals surface area contributed by atoms with Gasteiger partial charge in [-0.15, -0.1) is 11.3 Å². The molecule has 2 atom stereocenters. The van der Waals surface area contributed by atoms with Gasteiger partial charge in [-0.05, 0) is 30.7 Å². The van der Waals surface area contributed by atoms with Crippen molar-refractivity contribution in [3.05, 3.63) is 17.0 Å². The molecule has 0 aliphatic heterocycles. The lowest BCUT2D eigenvalue weighted by molar-refractivity contribution is 0.300. The molecule has 1 aliphatic carbocycles. The zero-order chi connectivity index (χ0) is 14.6. The smallest absolute Gasteiger partial charge is 0.250 e. The quantitative estimate of drug-likeness (QED) is 0.802. The topological polar surface area (TPSA) is 66.4 Å². The molecule has 1 aliphatic rings. The van der Waals surface area contributed by atoms with E-state index < -0.39 is 10.0 Å². The summed E-state index contributed by atoms with van der Waals surface area (Å²) >= 11 is 3.08. The number of aliphatic hydroxyl groups excluding tert-OH is 1. The van der Waals surface area contributed by atoms with E-state index in [2.05, 4.69) is 11.6 Å². The zero-order valence-corrected chi connectivity index (χ0v) is 14.0. The van der Waals surface area contributed by atoms with Crippen molar-refractivity contribution >= 4 is 33.1 Å². The van der Waals surface area contributed by atoms with Crippen molar-refractivity contribution < 1.29 is 13.5 Å². The summed E-state index contributed by atoms with van der Waals surface area (Å²) < 4.78 is 28.0. The van der Waals surface area contributed by atoms with Crippen molar-refractivity contribution in [2.24, 2.45) is 0 Å². The van der Waals surface area contributed by atoms with E-state index in [1.165, 1.54) is 11.3 Å². The molecule has 2 unspecified atom stereocenters. The van der Waals surface area contributed by atoms with E-state index >= 15 is 0 Å². The minimum absolute atomic E-state index is 0.0469. The first-order chi connectivity index (χ1) is 9.56. The number of sulfonamides is 1. The van der Waals surface area contributed by atoms with E-state index in [4.69, 9.17) is 5.11 Å². The number of nitrogens with one attached hydrogen (secondary N) is 1. The molecule has 1 fully saturated rings.